The van der Waals surface area contributed by atoms with Crippen LogP contribution in [0, 0.1) is 0 Å². The number of hydrogen-bond donors (Lipinski definition) is 0. The van der Waals surface area contributed by atoms with Crippen molar-refractivity contribution in [2.24, 2.45) is 0 Å². The van der Waals surface area contributed by atoms with E-state index in [1.165, 1.54) is 38.2 Å². The van der Waals surface area contributed by atoms with Crippen molar-refractivity contribution < 1.29 is 9.26 Å². The maximum atomic E-state index is 6.77. The third-order valence-corrected chi connectivity index (χ3v) is 8.02. The summed E-state index contributed by atoms with van der Waals surface area (Å²) in [5.74, 6) is 1.01. The lowest BCUT2D eigenvalue weighted by Gasteiger charge is -2.33. The summed E-state index contributed by atoms with van der Waals surface area (Å²) in [7, 11) is -0.747. The van der Waals surface area contributed by atoms with Gasteiger partial charge in [0.25, 0.3) is 0 Å². The Bertz CT molecular complexity index is 1130. The Morgan fingerprint density at radius 3 is 2.10 bits per heavy atom. The lowest BCUT2D eigenvalue weighted by Crippen LogP contribution is -2.33. The first kappa shape index (κ1) is 17.4. The van der Waals surface area contributed by atoms with Crippen LogP contribution in [-0.2, 0) is 10.9 Å². The molecule has 1 atom stereocenters. The molecule has 0 radical (unpaired) electrons. The summed E-state index contributed by atoms with van der Waals surface area (Å²) in [4.78, 5) is 0. The largest absolute Gasteiger partial charge is 0.457 e. The molecule has 1 unspecified atom stereocenters. The quantitative estimate of drug-likeness (QED) is 0.356. The van der Waals surface area contributed by atoms with Gasteiger partial charge in [0.2, 0.25) is 0 Å². The van der Waals surface area contributed by atoms with Gasteiger partial charge in [-0.25, -0.2) is 4.67 Å². The van der Waals surface area contributed by atoms with Crippen LogP contribution in [0.2, 0.25) is 0 Å². The van der Waals surface area contributed by atoms with E-state index in [9.17, 15) is 0 Å². The van der Waals surface area contributed by atoms with Crippen LogP contribution in [0.15, 0.2) is 72.8 Å². The molecule has 4 aromatic carbocycles. The number of ether oxygens (including phenoxy) is 1. The van der Waals surface area contributed by atoms with Gasteiger partial charge in [-0.1, -0.05) is 66.7 Å². The second-order valence-electron chi connectivity index (χ2n) is 7.65. The first-order valence-corrected chi connectivity index (χ1v) is 11.6. The fourth-order valence-electron chi connectivity index (χ4n) is 4.56. The van der Waals surface area contributed by atoms with Gasteiger partial charge in [0.05, 0.1) is 13.2 Å². The van der Waals surface area contributed by atoms with E-state index in [4.69, 9.17) is 9.26 Å². The topological polar surface area (TPSA) is 21.7 Å². The molecule has 0 amide bonds. The summed E-state index contributed by atoms with van der Waals surface area (Å²) in [6, 6.07) is 26.3. The average Bonchev–Trinajstić information content (AvgIpc) is 2.97. The number of fused-ring (bicyclic) bond motifs is 7. The summed E-state index contributed by atoms with van der Waals surface area (Å²) in [5, 5.41) is 5.11. The molecule has 0 aromatic heterocycles. The molecule has 2 aliphatic heterocycles. The molecule has 144 valence electrons. The zero-order chi connectivity index (χ0) is 19.2. The summed E-state index contributed by atoms with van der Waals surface area (Å²) in [5.41, 5.74) is 3.97. The number of nitrogens with zero attached hydrogens (tertiary/aromatic N) is 1. The molecule has 6 rings (SSSR count). The predicted octanol–water partition coefficient (Wildman–Crippen LogP) is 6.20. The fourth-order valence-corrected chi connectivity index (χ4v) is 6.48. The summed E-state index contributed by atoms with van der Waals surface area (Å²) < 4.78 is 14.8. The standard InChI is InChI=1S/C25H22NO2P/c1-3-7-21-18(5-1)9-10-20-17-29(26-13-15-27-16-14-26)28-23-12-11-19-6-2-4-8-22(19)25(23)24(20)21/h1-12H,13-17H2. The smallest absolute Gasteiger partial charge is 0.168 e. The van der Waals surface area contributed by atoms with Crippen LogP contribution in [0.5, 0.6) is 5.75 Å². The van der Waals surface area contributed by atoms with Gasteiger partial charge >= 0.3 is 0 Å². The number of hydrogen-bond acceptors (Lipinski definition) is 3. The van der Waals surface area contributed by atoms with Crippen LogP contribution in [-0.4, -0.2) is 31.0 Å². The normalized spacial score (nSPS) is 19.4. The molecule has 1 fully saturated rings. The van der Waals surface area contributed by atoms with Crippen LogP contribution in [0.4, 0.5) is 0 Å². The Morgan fingerprint density at radius 1 is 0.690 bits per heavy atom. The molecule has 0 bridgehead atoms. The van der Waals surface area contributed by atoms with E-state index in [0.717, 1.165) is 38.2 Å². The molecule has 1 saturated heterocycles. The molecular formula is C25H22NO2P. The minimum absolute atomic E-state index is 0.747. The van der Waals surface area contributed by atoms with Crippen molar-refractivity contribution in [1.82, 2.24) is 4.67 Å². The van der Waals surface area contributed by atoms with Gasteiger partial charge < -0.3 is 9.26 Å². The van der Waals surface area contributed by atoms with Gasteiger partial charge in [-0.3, -0.25) is 0 Å². The first-order valence-electron chi connectivity index (χ1n) is 10.2. The van der Waals surface area contributed by atoms with E-state index in [-0.39, 0.29) is 0 Å². The third-order valence-electron chi connectivity index (χ3n) is 5.97. The molecule has 0 N–H and O–H groups in total. The van der Waals surface area contributed by atoms with Gasteiger partial charge in [0.1, 0.15) is 5.75 Å². The van der Waals surface area contributed by atoms with Crippen molar-refractivity contribution in [3.05, 3.63) is 78.4 Å². The van der Waals surface area contributed by atoms with E-state index in [1.54, 1.807) is 0 Å². The van der Waals surface area contributed by atoms with Crippen LogP contribution in [0.25, 0.3) is 32.7 Å². The van der Waals surface area contributed by atoms with Crippen molar-refractivity contribution in [3.63, 3.8) is 0 Å². The van der Waals surface area contributed by atoms with Crippen molar-refractivity contribution in [3.8, 4) is 16.9 Å². The second kappa shape index (κ2) is 7.11. The molecule has 2 aliphatic rings. The van der Waals surface area contributed by atoms with Crippen molar-refractivity contribution in [1.29, 1.82) is 0 Å². The molecule has 0 aliphatic carbocycles. The minimum atomic E-state index is -0.747. The van der Waals surface area contributed by atoms with E-state index < -0.39 is 8.30 Å². The fraction of sp³-hybridized carbons (Fsp3) is 0.200. The lowest BCUT2D eigenvalue weighted by molar-refractivity contribution is 0.0720. The van der Waals surface area contributed by atoms with Crippen LogP contribution < -0.4 is 4.52 Å². The molecule has 4 heteroatoms. The Kier molecular flexibility index (Phi) is 4.27. The monoisotopic (exact) mass is 399 g/mol. The highest BCUT2D eigenvalue weighted by Gasteiger charge is 2.30. The van der Waals surface area contributed by atoms with Gasteiger partial charge in [0.15, 0.2) is 8.30 Å². The lowest BCUT2D eigenvalue weighted by atomic mass is 9.90. The summed E-state index contributed by atoms with van der Waals surface area (Å²) in [6.45, 7) is 3.46. The molecular weight excluding hydrogens is 377 g/mol. The summed E-state index contributed by atoms with van der Waals surface area (Å²) >= 11 is 0. The van der Waals surface area contributed by atoms with Gasteiger partial charge in [-0.2, -0.15) is 0 Å². The zero-order valence-electron chi connectivity index (χ0n) is 16.2. The average molecular weight is 399 g/mol. The van der Waals surface area contributed by atoms with E-state index in [0.29, 0.717) is 0 Å². The maximum absolute atomic E-state index is 6.77. The van der Waals surface area contributed by atoms with Crippen molar-refractivity contribution >= 4 is 29.8 Å². The van der Waals surface area contributed by atoms with E-state index in [1.807, 2.05) is 0 Å². The maximum Gasteiger partial charge on any atom is 0.168 e. The summed E-state index contributed by atoms with van der Waals surface area (Å²) in [6.07, 6.45) is 0.943. The van der Waals surface area contributed by atoms with Crippen molar-refractivity contribution in [2.75, 3.05) is 26.3 Å². The van der Waals surface area contributed by atoms with Crippen molar-refractivity contribution in [2.45, 2.75) is 6.16 Å². The third kappa shape index (κ3) is 2.93. The van der Waals surface area contributed by atoms with E-state index >= 15 is 0 Å². The molecule has 0 saturated carbocycles. The molecule has 3 nitrogen and oxygen atoms in total. The highest BCUT2D eigenvalue weighted by atomic mass is 31.2. The van der Waals surface area contributed by atoms with Gasteiger partial charge in [-0.05, 0) is 38.7 Å². The SMILES string of the molecule is c1ccc2c3c(ccc2c1)CP(N1CCOCC1)Oc1ccc2ccccc2c1-3. The van der Waals surface area contributed by atoms with Crippen LogP contribution >= 0.6 is 8.30 Å². The number of rotatable bonds is 1. The first-order chi connectivity index (χ1) is 14.4. The number of morpholine rings is 1. The number of benzene rings is 4. The van der Waals surface area contributed by atoms with Crippen LogP contribution in [0.3, 0.4) is 0 Å². The zero-order valence-corrected chi connectivity index (χ0v) is 17.1. The predicted molar refractivity (Wildman–Crippen MR) is 121 cm³/mol. The Morgan fingerprint density at radius 2 is 1.34 bits per heavy atom. The van der Waals surface area contributed by atoms with Crippen LogP contribution in [0.1, 0.15) is 5.56 Å². The van der Waals surface area contributed by atoms with Gasteiger partial charge in [0, 0.05) is 24.8 Å². The van der Waals surface area contributed by atoms with E-state index in [2.05, 4.69) is 77.5 Å². The highest BCUT2D eigenvalue weighted by Crippen LogP contribution is 2.55. The molecule has 0 spiro atoms. The molecule has 29 heavy (non-hydrogen) atoms. The van der Waals surface area contributed by atoms with Gasteiger partial charge in [-0.15, -0.1) is 0 Å². The Balaban J connectivity index is 1.65. The highest BCUT2D eigenvalue weighted by molar-refractivity contribution is 7.49. The Hall–Kier alpha value is -2.45. The molecule has 4 aromatic rings. The second-order valence-corrected chi connectivity index (χ2v) is 9.42. The Labute approximate surface area is 171 Å². The molecule has 2 heterocycles. The minimum Gasteiger partial charge on any atom is -0.457 e.